The molecule has 3 rings (SSSR count). The van der Waals surface area contributed by atoms with Crippen molar-refractivity contribution in [1.29, 1.82) is 0 Å². The molecule has 114 valence electrons. The summed E-state index contributed by atoms with van der Waals surface area (Å²) in [7, 11) is 0. The minimum Gasteiger partial charge on any atom is -0.395 e. The molecule has 0 fully saturated rings. The van der Waals surface area contributed by atoms with Crippen molar-refractivity contribution in [3.63, 3.8) is 0 Å². The molecule has 2 aromatic rings. The number of aliphatic hydroxyl groups excluding tert-OH is 1. The van der Waals surface area contributed by atoms with Gasteiger partial charge in [-0.3, -0.25) is 14.5 Å². The van der Waals surface area contributed by atoms with Gasteiger partial charge in [-0.2, -0.15) is 12.6 Å². The van der Waals surface area contributed by atoms with Crippen molar-refractivity contribution in [2.24, 2.45) is 0 Å². The summed E-state index contributed by atoms with van der Waals surface area (Å²) in [6, 6.07) is 8.95. The molecule has 2 amide bonds. The van der Waals surface area contributed by atoms with E-state index in [2.05, 4.69) is 17.9 Å². The lowest BCUT2D eigenvalue weighted by atomic mass is 9.93. The Hall–Kier alpha value is -2.05. The highest BCUT2D eigenvalue weighted by atomic mass is 32.1. The molecule has 2 N–H and O–H groups in total. The molecule has 0 aromatic heterocycles. The Labute approximate surface area is 133 Å². The Bertz CT molecular complexity index is 738. The Morgan fingerprint density at radius 3 is 2.50 bits per heavy atom. The number of thiol groups is 1. The number of carbonyl (C=O) groups is 2. The normalized spacial score (nSPS) is 13.8. The average Bonchev–Trinajstić information content (AvgIpc) is 2.54. The zero-order valence-electron chi connectivity index (χ0n) is 11.9. The molecule has 0 saturated carbocycles. The van der Waals surface area contributed by atoms with Crippen LogP contribution in [0.1, 0.15) is 20.7 Å². The molecule has 0 radical (unpaired) electrons. The lowest BCUT2D eigenvalue weighted by molar-refractivity contribution is 0.0621. The maximum atomic E-state index is 12.5. The van der Waals surface area contributed by atoms with Crippen LogP contribution in [0.5, 0.6) is 0 Å². The van der Waals surface area contributed by atoms with Gasteiger partial charge < -0.3 is 10.4 Å². The number of aliphatic hydroxyl groups is 1. The lowest BCUT2D eigenvalue weighted by Gasteiger charge is -2.27. The Balaban J connectivity index is 2.20. The first-order valence-electron chi connectivity index (χ1n) is 7.06. The van der Waals surface area contributed by atoms with Gasteiger partial charge in [0.1, 0.15) is 0 Å². The third-order valence-electron chi connectivity index (χ3n) is 3.74. The highest BCUT2D eigenvalue weighted by molar-refractivity contribution is 7.80. The first kappa shape index (κ1) is 14.9. The maximum Gasteiger partial charge on any atom is 0.261 e. The Kier molecular flexibility index (Phi) is 4.04. The monoisotopic (exact) mass is 316 g/mol. The molecule has 22 heavy (non-hydrogen) atoms. The summed E-state index contributed by atoms with van der Waals surface area (Å²) < 4.78 is 0. The van der Waals surface area contributed by atoms with Crippen molar-refractivity contribution in [2.75, 3.05) is 30.8 Å². The van der Waals surface area contributed by atoms with Crippen LogP contribution in [0.4, 0.5) is 5.69 Å². The van der Waals surface area contributed by atoms with Crippen molar-refractivity contribution in [3.05, 3.63) is 41.5 Å². The van der Waals surface area contributed by atoms with Gasteiger partial charge in [0.15, 0.2) is 0 Å². The van der Waals surface area contributed by atoms with Crippen molar-refractivity contribution in [2.45, 2.75) is 0 Å². The summed E-state index contributed by atoms with van der Waals surface area (Å²) in [5.41, 5.74) is 1.86. The minimum atomic E-state index is -0.281. The quantitative estimate of drug-likeness (QED) is 0.581. The second kappa shape index (κ2) is 5.98. The Morgan fingerprint density at radius 2 is 1.82 bits per heavy atom. The van der Waals surface area contributed by atoms with Gasteiger partial charge in [0.05, 0.1) is 6.61 Å². The first-order valence-corrected chi connectivity index (χ1v) is 7.69. The van der Waals surface area contributed by atoms with Crippen molar-refractivity contribution < 1.29 is 14.7 Å². The molecule has 6 heteroatoms. The predicted octanol–water partition coefficient (Wildman–Crippen LogP) is 1.77. The molecule has 5 nitrogen and oxygen atoms in total. The molecule has 0 spiro atoms. The van der Waals surface area contributed by atoms with Gasteiger partial charge in [0, 0.05) is 46.4 Å². The third-order valence-corrected chi connectivity index (χ3v) is 3.94. The Morgan fingerprint density at radius 1 is 1.09 bits per heavy atom. The van der Waals surface area contributed by atoms with Gasteiger partial charge in [-0.25, -0.2) is 0 Å². The third kappa shape index (κ3) is 2.24. The number of nitrogens with one attached hydrogen (secondary N) is 1. The minimum absolute atomic E-state index is 0.0104. The predicted molar refractivity (Wildman–Crippen MR) is 88.7 cm³/mol. The summed E-state index contributed by atoms with van der Waals surface area (Å²) in [6.45, 7) is 0.712. The number of rotatable bonds is 5. The van der Waals surface area contributed by atoms with Gasteiger partial charge >= 0.3 is 0 Å². The number of benzene rings is 2. The fourth-order valence-corrected chi connectivity index (χ4v) is 2.99. The van der Waals surface area contributed by atoms with Gasteiger partial charge in [0.25, 0.3) is 11.8 Å². The number of carbonyl (C=O) groups excluding carboxylic acids is 2. The van der Waals surface area contributed by atoms with Crippen molar-refractivity contribution >= 4 is 40.9 Å². The first-order chi connectivity index (χ1) is 10.7. The molecular formula is C16H16N2O3S. The fourth-order valence-electron chi connectivity index (χ4n) is 2.79. The van der Waals surface area contributed by atoms with Crippen LogP contribution in [-0.2, 0) is 0 Å². The summed E-state index contributed by atoms with van der Waals surface area (Å²) >= 11 is 4.12. The van der Waals surface area contributed by atoms with Crippen molar-refractivity contribution in [1.82, 2.24) is 4.90 Å². The molecule has 1 aliphatic rings. The number of hydrogen-bond acceptors (Lipinski definition) is 5. The molecule has 0 bridgehead atoms. The lowest BCUT2D eigenvalue weighted by Crippen LogP contribution is -2.41. The topological polar surface area (TPSA) is 69.6 Å². The van der Waals surface area contributed by atoms with Gasteiger partial charge in [-0.1, -0.05) is 12.1 Å². The number of amides is 2. The molecule has 0 saturated heterocycles. The van der Waals surface area contributed by atoms with E-state index in [0.29, 0.717) is 35.4 Å². The summed E-state index contributed by atoms with van der Waals surface area (Å²) in [5.74, 6) is -0.133. The van der Waals surface area contributed by atoms with Crippen LogP contribution in [0, 0.1) is 0 Å². The van der Waals surface area contributed by atoms with E-state index in [1.54, 1.807) is 18.2 Å². The number of imide groups is 1. The van der Waals surface area contributed by atoms with E-state index in [1.807, 2.05) is 12.1 Å². The molecule has 0 aliphatic carbocycles. The van der Waals surface area contributed by atoms with Gasteiger partial charge in [-0.05, 0) is 18.2 Å². The van der Waals surface area contributed by atoms with Crippen LogP contribution < -0.4 is 5.32 Å². The average molecular weight is 316 g/mol. The largest absolute Gasteiger partial charge is 0.395 e. The number of nitrogens with zero attached hydrogens (tertiary/aromatic N) is 1. The summed E-state index contributed by atoms with van der Waals surface area (Å²) in [4.78, 5) is 26.3. The highest BCUT2D eigenvalue weighted by Crippen LogP contribution is 2.34. The molecule has 1 aliphatic heterocycles. The highest BCUT2D eigenvalue weighted by Gasteiger charge is 2.32. The van der Waals surface area contributed by atoms with Crippen LogP contribution in [-0.4, -0.2) is 47.3 Å². The van der Waals surface area contributed by atoms with E-state index in [0.717, 1.165) is 11.1 Å². The van der Waals surface area contributed by atoms with Crippen LogP contribution in [0.15, 0.2) is 30.3 Å². The van der Waals surface area contributed by atoms with E-state index in [-0.39, 0.29) is 18.4 Å². The molecule has 2 aromatic carbocycles. The van der Waals surface area contributed by atoms with E-state index < -0.39 is 0 Å². The van der Waals surface area contributed by atoms with Crippen LogP contribution in [0.25, 0.3) is 10.8 Å². The number of anilines is 1. The van der Waals surface area contributed by atoms with E-state index >= 15 is 0 Å². The smallest absolute Gasteiger partial charge is 0.261 e. The van der Waals surface area contributed by atoms with Crippen LogP contribution >= 0.6 is 12.6 Å². The van der Waals surface area contributed by atoms with Gasteiger partial charge in [0.2, 0.25) is 0 Å². The molecule has 1 heterocycles. The fraction of sp³-hybridized carbons (Fsp3) is 0.250. The molecule has 0 atom stereocenters. The number of hydrogen-bond donors (Lipinski definition) is 3. The molecule has 0 unspecified atom stereocenters. The zero-order valence-corrected chi connectivity index (χ0v) is 12.8. The van der Waals surface area contributed by atoms with Crippen LogP contribution in [0.2, 0.25) is 0 Å². The van der Waals surface area contributed by atoms with Crippen LogP contribution in [0.3, 0.4) is 0 Å². The SMILES string of the molecule is O=C1c2cccc3c(NCCO)ccc(c23)C(=O)N1CCS. The second-order valence-electron chi connectivity index (χ2n) is 5.02. The summed E-state index contributed by atoms with van der Waals surface area (Å²) in [6.07, 6.45) is 0. The zero-order chi connectivity index (χ0) is 15.7. The van der Waals surface area contributed by atoms with Crippen molar-refractivity contribution in [3.8, 4) is 0 Å². The van der Waals surface area contributed by atoms with Gasteiger partial charge in [-0.15, -0.1) is 0 Å². The van der Waals surface area contributed by atoms with E-state index in [4.69, 9.17) is 5.11 Å². The summed E-state index contributed by atoms with van der Waals surface area (Å²) in [5, 5.41) is 13.6. The standard InChI is InChI=1S/C16H16N2O3S/c19-8-6-17-13-5-4-12-14-10(13)2-1-3-11(14)15(20)18(7-9-22)16(12)21/h1-5,17,19,22H,6-9H2. The second-order valence-corrected chi connectivity index (χ2v) is 5.47. The maximum absolute atomic E-state index is 12.5. The van der Waals surface area contributed by atoms with E-state index in [9.17, 15) is 9.59 Å². The molecular weight excluding hydrogens is 300 g/mol. The van der Waals surface area contributed by atoms with E-state index in [1.165, 1.54) is 4.90 Å².